The van der Waals surface area contributed by atoms with Crippen molar-refractivity contribution < 1.29 is 4.74 Å². The van der Waals surface area contributed by atoms with E-state index < -0.39 is 0 Å². The molecular formula is C13H24ClN3O. The van der Waals surface area contributed by atoms with E-state index in [0.29, 0.717) is 6.04 Å². The van der Waals surface area contributed by atoms with Crippen LogP contribution in [0.1, 0.15) is 31.7 Å². The molecule has 0 aliphatic heterocycles. The standard InChI is InChI=1S/C13H24ClN3O/c1-5-15-11(7-8-18-4)9-12-13(14)10(3)16-17(12)6-2/h11,15H,5-9H2,1-4H3. The molecule has 1 unspecified atom stereocenters. The number of nitrogens with one attached hydrogen (secondary N) is 1. The SMILES string of the molecule is CCNC(CCOC)Cc1c(Cl)c(C)nn1CC. The summed E-state index contributed by atoms with van der Waals surface area (Å²) in [5, 5.41) is 8.72. The monoisotopic (exact) mass is 273 g/mol. The summed E-state index contributed by atoms with van der Waals surface area (Å²) in [7, 11) is 1.73. The van der Waals surface area contributed by atoms with E-state index in [4.69, 9.17) is 16.3 Å². The van der Waals surface area contributed by atoms with Gasteiger partial charge >= 0.3 is 0 Å². The van der Waals surface area contributed by atoms with E-state index in [0.717, 1.165) is 48.9 Å². The highest BCUT2D eigenvalue weighted by Gasteiger charge is 2.17. The number of nitrogens with zero attached hydrogens (tertiary/aromatic N) is 2. The van der Waals surface area contributed by atoms with E-state index >= 15 is 0 Å². The number of hydrogen-bond acceptors (Lipinski definition) is 3. The van der Waals surface area contributed by atoms with Crippen LogP contribution < -0.4 is 5.32 Å². The molecule has 0 saturated carbocycles. The van der Waals surface area contributed by atoms with Crippen LogP contribution in [0, 0.1) is 6.92 Å². The molecule has 1 heterocycles. The summed E-state index contributed by atoms with van der Waals surface area (Å²) in [5.74, 6) is 0. The lowest BCUT2D eigenvalue weighted by molar-refractivity contribution is 0.182. The molecule has 1 rings (SSSR count). The van der Waals surface area contributed by atoms with Crippen molar-refractivity contribution in [1.82, 2.24) is 15.1 Å². The van der Waals surface area contributed by atoms with Crippen LogP contribution >= 0.6 is 11.6 Å². The van der Waals surface area contributed by atoms with Crippen molar-refractivity contribution in [1.29, 1.82) is 0 Å². The largest absolute Gasteiger partial charge is 0.385 e. The Labute approximate surface area is 115 Å². The summed E-state index contributed by atoms with van der Waals surface area (Å²) in [6.07, 6.45) is 1.87. The summed E-state index contributed by atoms with van der Waals surface area (Å²) in [6, 6.07) is 0.383. The van der Waals surface area contributed by atoms with Crippen molar-refractivity contribution in [2.24, 2.45) is 0 Å². The van der Waals surface area contributed by atoms with Crippen molar-refractivity contribution in [3.63, 3.8) is 0 Å². The van der Waals surface area contributed by atoms with Gasteiger partial charge < -0.3 is 10.1 Å². The Hall–Kier alpha value is -0.580. The van der Waals surface area contributed by atoms with Crippen molar-refractivity contribution in [3.05, 3.63) is 16.4 Å². The smallest absolute Gasteiger partial charge is 0.0847 e. The first-order valence-corrected chi connectivity index (χ1v) is 6.95. The molecular weight excluding hydrogens is 250 g/mol. The predicted octanol–water partition coefficient (Wildman–Crippen LogP) is 2.42. The average molecular weight is 274 g/mol. The Kier molecular flexibility index (Phi) is 6.68. The van der Waals surface area contributed by atoms with Crippen molar-refractivity contribution >= 4 is 11.6 Å². The van der Waals surface area contributed by atoms with E-state index in [9.17, 15) is 0 Å². The lowest BCUT2D eigenvalue weighted by Gasteiger charge is -2.18. The second-order valence-electron chi connectivity index (χ2n) is 4.40. The van der Waals surface area contributed by atoms with E-state index in [1.165, 1.54) is 0 Å². The molecule has 0 amide bonds. The van der Waals surface area contributed by atoms with Crippen LogP contribution in [0.4, 0.5) is 0 Å². The summed E-state index contributed by atoms with van der Waals surface area (Å²) in [4.78, 5) is 0. The van der Waals surface area contributed by atoms with E-state index in [2.05, 4.69) is 24.3 Å². The van der Waals surface area contributed by atoms with Crippen LogP contribution in [0.2, 0.25) is 5.02 Å². The molecule has 1 N–H and O–H groups in total. The molecule has 0 saturated heterocycles. The van der Waals surface area contributed by atoms with Gasteiger partial charge in [0.05, 0.1) is 16.4 Å². The molecule has 4 nitrogen and oxygen atoms in total. The van der Waals surface area contributed by atoms with E-state index in [1.807, 2.05) is 11.6 Å². The summed E-state index contributed by atoms with van der Waals surface area (Å²) in [6.45, 7) is 8.72. The molecule has 0 aliphatic rings. The summed E-state index contributed by atoms with van der Waals surface area (Å²) >= 11 is 6.33. The molecule has 1 aromatic rings. The lowest BCUT2D eigenvalue weighted by Crippen LogP contribution is -2.33. The fourth-order valence-corrected chi connectivity index (χ4v) is 2.33. The minimum absolute atomic E-state index is 0.383. The van der Waals surface area contributed by atoms with Gasteiger partial charge in [-0.1, -0.05) is 18.5 Å². The van der Waals surface area contributed by atoms with Crippen LogP contribution in [-0.4, -0.2) is 36.1 Å². The first-order chi connectivity index (χ1) is 8.63. The van der Waals surface area contributed by atoms with Gasteiger partial charge in [0.25, 0.3) is 0 Å². The highest BCUT2D eigenvalue weighted by Crippen LogP contribution is 2.22. The van der Waals surface area contributed by atoms with Crippen molar-refractivity contribution in [3.8, 4) is 0 Å². The van der Waals surface area contributed by atoms with Gasteiger partial charge in [-0.3, -0.25) is 4.68 Å². The average Bonchev–Trinajstić information content (AvgIpc) is 2.63. The number of aromatic nitrogens is 2. The highest BCUT2D eigenvalue weighted by molar-refractivity contribution is 6.31. The number of likely N-dealkylation sites (N-methyl/N-ethyl adjacent to an activating group) is 1. The Morgan fingerprint density at radius 1 is 1.44 bits per heavy atom. The van der Waals surface area contributed by atoms with Gasteiger partial charge in [0.15, 0.2) is 0 Å². The molecule has 0 aromatic carbocycles. The molecule has 1 aromatic heterocycles. The lowest BCUT2D eigenvalue weighted by atomic mass is 10.1. The fourth-order valence-electron chi connectivity index (χ4n) is 2.12. The van der Waals surface area contributed by atoms with Gasteiger partial charge in [0.1, 0.15) is 0 Å². The van der Waals surface area contributed by atoms with Gasteiger partial charge in [0.2, 0.25) is 0 Å². The molecule has 0 spiro atoms. The predicted molar refractivity (Wildman–Crippen MR) is 75.3 cm³/mol. The summed E-state index contributed by atoms with van der Waals surface area (Å²) < 4.78 is 7.15. The molecule has 104 valence electrons. The minimum Gasteiger partial charge on any atom is -0.385 e. The number of ether oxygens (including phenoxy) is 1. The normalized spacial score (nSPS) is 12.9. The molecule has 5 heteroatoms. The molecule has 0 aliphatic carbocycles. The highest BCUT2D eigenvalue weighted by atomic mass is 35.5. The third-order valence-corrected chi connectivity index (χ3v) is 3.55. The molecule has 0 radical (unpaired) electrons. The third-order valence-electron chi connectivity index (χ3n) is 3.06. The second kappa shape index (κ2) is 7.77. The zero-order valence-electron chi connectivity index (χ0n) is 11.8. The molecule has 18 heavy (non-hydrogen) atoms. The van der Waals surface area contributed by atoms with Crippen molar-refractivity contribution in [2.45, 2.75) is 46.2 Å². The van der Waals surface area contributed by atoms with Crippen LogP contribution in [0.3, 0.4) is 0 Å². The van der Waals surface area contributed by atoms with Gasteiger partial charge in [0, 0.05) is 32.7 Å². The second-order valence-corrected chi connectivity index (χ2v) is 4.78. The van der Waals surface area contributed by atoms with E-state index in [-0.39, 0.29) is 0 Å². The van der Waals surface area contributed by atoms with Crippen molar-refractivity contribution in [2.75, 3.05) is 20.3 Å². The Morgan fingerprint density at radius 3 is 2.72 bits per heavy atom. The minimum atomic E-state index is 0.383. The first kappa shape index (κ1) is 15.5. The fraction of sp³-hybridized carbons (Fsp3) is 0.769. The maximum atomic E-state index is 6.33. The summed E-state index contributed by atoms with van der Waals surface area (Å²) in [5.41, 5.74) is 2.04. The third kappa shape index (κ3) is 3.97. The Balaban J connectivity index is 2.78. The quantitative estimate of drug-likeness (QED) is 0.791. The molecule has 1 atom stereocenters. The zero-order chi connectivity index (χ0) is 13.5. The maximum absolute atomic E-state index is 6.33. The number of halogens is 1. The van der Waals surface area contributed by atoms with Crippen LogP contribution in [0.25, 0.3) is 0 Å². The zero-order valence-corrected chi connectivity index (χ0v) is 12.5. The Bertz CT molecular complexity index is 365. The maximum Gasteiger partial charge on any atom is 0.0847 e. The van der Waals surface area contributed by atoms with E-state index in [1.54, 1.807) is 7.11 Å². The van der Waals surface area contributed by atoms with Gasteiger partial charge in [-0.25, -0.2) is 0 Å². The molecule has 0 bridgehead atoms. The number of aryl methyl sites for hydroxylation is 2. The van der Waals surface area contributed by atoms with Gasteiger partial charge in [-0.15, -0.1) is 0 Å². The number of methoxy groups -OCH3 is 1. The Morgan fingerprint density at radius 2 is 2.17 bits per heavy atom. The number of hydrogen-bond donors (Lipinski definition) is 1. The van der Waals surface area contributed by atoms with Crippen LogP contribution in [0.15, 0.2) is 0 Å². The first-order valence-electron chi connectivity index (χ1n) is 6.58. The van der Waals surface area contributed by atoms with Crippen LogP contribution in [0.5, 0.6) is 0 Å². The topological polar surface area (TPSA) is 39.1 Å². The van der Waals surface area contributed by atoms with Gasteiger partial charge in [-0.05, 0) is 26.8 Å². The number of rotatable bonds is 8. The van der Waals surface area contributed by atoms with Crippen LogP contribution in [-0.2, 0) is 17.7 Å². The molecule has 0 fully saturated rings. The van der Waals surface area contributed by atoms with Gasteiger partial charge in [-0.2, -0.15) is 5.10 Å².